The van der Waals surface area contributed by atoms with Crippen molar-refractivity contribution in [1.29, 1.82) is 0 Å². The largest absolute Gasteiger partial charge is 0.325 e. The molecule has 0 aliphatic rings. The highest BCUT2D eigenvalue weighted by Gasteiger charge is 2.15. The number of carbonyl (C=O) groups excluding carboxylic acids is 3. The molecule has 0 atom stereocenters. The van der Waals surface area contributed by atoms with Crippen molar-refractivity contribution in [3.05, 3.63) is 130 Å². The van der Waals surface area contributed by atoms with Gasteiger partial charge in [0.2, 0.25) is 5.91 Å². The number of benzene rings is 4. The first-order valence-corrected chi connectivity index (χ1v) is 13.6. The fraction of sp³-hybridized carbons (Fsp3) is 0.0333. The number of rotatable bonds is 9. The first kappa shape index (κ1) is 27.8. The Bertz CT molecular complexity index is 1510. The molecule has 4 aromatic rings. The molecule has 3 N–H and O–H groups in total. The monoisotopic (exact) mass is 603 g/mol. The van der Waals surface area contributed by atoms with E-state index in [0.29, 0.717) is 16.9 Å². The molecule has 3 amide bonds. The number of anilines is 2. The second-order valence-corrected chi connectivity index (χ2v) is 10.2. The first-order valence-electron chi connectivity index (χ1n) is 11.8. The Morgan fingerprint density at radius 2 is 1.54 bits per heavy atom. The smallest absolute Gasteiger partial charge is 0.272 e. The number of halogens is 2. The highest BCUT2D eigenvalue weighted by atomic mass is 79.9. The van der Waals surface area contributed by atoms with Gasteiger partial charge in [-0.2, -0.15) is 0 Å². The summed E-state index contributed by atoms with van der Waals surface area (Å²) in [6.07, 6.45) is 1.60. The fourth-order valence-corrected chi connectivity index (χ4v) is 4.62. The van der Waals surface area contributed by atoms with Crippen LogP contribution in [0.15, 0.2) is 118 Å². The highest BCUT2D eigenvalue weighted by molar-refractivity contribution is 9.10. The molecule has 4 aromatic carbocycles. The van der Waals surface area contributed by atoms with E-state index in [-0.39, 0.29) is 23.2 Å². The molecule has 0 heterocycles. The summed E-state index contributed by atoms with van der Waals surface area (Å²) in [5.74, 6) is -1.42. The summed E-state index contributed by atoms with van der Waals surface area (Å²) in [6, 6.07) is 28.5. The van der Waals surface area contributed by atoms with E-state index in [4.69, 9.17) is 0 Å². The number of amides is 3. The van der Waals surface area contributed by atoms with Gasteiger partial charge in [0, 0.05) is 26.3 Å². The van der Waals surface area contributed by atoms with Crippen LogP contribution < -0.4 is 16.0 Å². The molecule has 0 aromatic heterocycles. The fourth-order valence-electron chi connectivity index (χ4n) is 3.45. The van der Waals surface area contributed by atoms with Gasteiger partial charge in [0.25, 0.3) is 11.8 Å². The van der Waals surface area contributed by atoms with Crippen molar-refractivity contribution in [3.8, 4) is 0 Å². The number of hydrogen-bond donors (Lipinski definition) is 3. The quantitative estimate of drug-likeness (QED) is 0.146. The lowest BCUT2D eigenvalue weighted by Gasteiger charge is -2.12. The molecular weight excluding hydrogens is 581 g/mol. The van der Waals surface area contributed by atoms with Crippen molar-refractivity contribution in [1.82, 2.24) is 5.32 Å². The summed E-state index contributed by atoms with van der Waals surface area (Å²) in [5, 5.41) is 8.25. The minimum Gasteiger partial charge on any atom is -0.325 e. The molecule has 0 bridgehead atoms. The molecule has 0 saturated carbocycles. The Morgan fingerprint density at radius 1 is 0.795 bits per heavy atom. The van der Waals surface area contributed by atoms with E-state index in [1.165, 1.54) is 36.0 Å². The topological polar surface area (TPSA) is 87.3 Å². The van der Waals surface area contributed by atoms with Gasteiger partial charge in [0.05, 0.1) is 5.75 Å². The van der Waals surface area contributed by atoms with Crippen LogP contribution >= 0.6 is 27.7 Å². The van der Waals surface area contributed by atoms with Gasteiger partial charge >= 0.3 is 0 Å². The van der Waals surface area contributed by atoms with Crippen LogP contribution in [-0.2, 0) is 9.59 Å². The molecule has 0 unspecified atom stereocenters. The predicted octanol–water partition coefficient (Wildman–Crippen LogP) is 6.73. The molecule has 39 heavy (non-hydrogen) atoms. The van der Waals surface area contributed by atoms with Crippen LogP contribution in [0.4, 0.5) is 15.8 Å². The minimum absolute atomic E-state index is 0.0682. The van der Waals surface area contributed by atoms with E-state index >= 15 is 0 Å². The Labute approximate surface area is 237 Å². The average Bonchev–Trinajstić information content (AvgIpc) is 2.93. The van der Waals surface area contributed by atoms with Crippen molar-refractivity contribution >= 4 is 62.9 Å². The molecule has 6 nitrogen and oxygen atoms in total. The molecule has 4 rings (SSSR count). The van der Waals surface area contributed by atoms with Crippen molar-refractivity contribution in [2.24, 2.45) is 0 Å². The Morgan fingerprint density at radius 3 is 2.28 bits per heavy atom. The second-order valence-electron chi connectivity index (χ2n) is 8.26. The van der Waals surface area contributed by atoms with Crippen molar-refractivity contribution in [3.63, 3.8) is 0 Å². The second kappa shape index (κ2) is 13.5. The van der Waals surface area contributed by atoms with Gasteiger partial charge in [0.15, 0.2) is 0 Å². The Kier molecular flexibility index (Phi) is 9.66. The third kappa shape index (κ3) is 8.66. The van der Waals surface area contributed by atoms with Crippen molar-refractivity contribution in [2.75, 3.05) is 16.4 Å². The van der Waals surface area contributed by atoms with Crippen LogP contribution in [0, 0.1) is 5.82 Å². The third-order valence-electron chi connectivity index (χ3n) is 5.28. The van der Waals surface area contributed by atoms with Crippen LogP contribution in [-0.4, -0.2) is 23.5 Å². The zero-order chi connectivity index (χ0) is 27.6. The summed E-state index contributed by atoms with van der Waals surface area (Å²) in [5.41, 5.74) is 2.21. The maximum atomic E-state index is 13.3. The number of carbonyl (C=O) groups is 3. The first-order chi connectivity index (χ1) is 18.9. The van der Waals surface area contributed by atoms with Gasteiger partial charge in [-0.3, -0.25) is 14.4 Å². The van der Waals surface area contributed by atoms with Crippen LogP contribution in [0.3, 0.4) is 0 Å². The number of thioether (sulfide) groups is 1. The lowest BCUT2D eigenvalue weighted by molar-refractivity contribution is -0.114. The Balaban J connectivity index is 1.45. The normalized spacial score (nSPS) is 11.0. The van der Waals surface area contributed by atoms with Crippen LogP contribution in [0.2, 0.25) is 0 Å². The molecule has 0 aliphatic carbocycles. The van der Waals surface area contributed by atoms with E-state index in [9.17, 15) is 18.8 Å². The van der Waals surface area contributed by atoms with Gasteiger partial charge in [0.1, 0.15) is 11.5 Å². The van der Waals surface area contributed by atoms with Crippen LogP contribution in [0.5, 0.6) is 0 Å². The lowest BCUT2D eigenvalue weighted by Crippen LogP contribution is -2.30. The van der Waals surface area contributed by atoms with Crippen LogP contribution in [0.1, 0.15) is 15.9 Å². The Hall–Kier alpha value is -4.21. The maximum absolute atomic E-state index is 13.3. The van der Waals surface area contributed by atoms with Gasteiger partial charge in [-0.25, -0.2) is 4.39 Å². The summed E-state index contributed by atoms with van der Waals surface area (Å²) >= 11 is 4.71. The molecule has 0 saturated heterocycles. The molecule has 9 heteroatoms. The zero-order valence-electron chi connectivity index (χ0n) is 20.5. The van der Waals surface area contributed by atoms with Crippen LogP contribution in [0.25, 0.3) is 6.08 Å². The third-order valence-corrected chi connectivity index (χ3v) is 6.77. The van der Waals surface area contributed by atoms with Crippen molar-refractivity contribution < 1.29 is 18.8 Å². The number of hydrogen-bond acceptors (Lipinski definition) is 4. The molecule has 0 fully saturated rings. The SMILES string of the molecule is O=C(CSc1cccc(NC(=O)/C(=C\c2cccc(Br)c2)NC(=O)c2ccccc2)c1)Nc1ccc(F)cc1. The summed E-state index contributed by atoms with van der Waals surface area (Å²) in [4.78, 5) is 39.1. The van der Waals surface area contributed by atoms with E-state index in [2.05, 4.69) is 31.9 Å². The van der Waals surface area contributed by atoms with E-state index < -0.39 is 11.8 Å². The van der Waals surface area contributed by atoms with Crippen molar-refractivity contribution in [2.45, 2.75) is 4.90 Å². The molecular formula is C30H23BrFN3O3S. The maximum Gasteiger partial charge on any atom is 0.272 e. The van der Waals surface area contributed by atoms with E-state index in [1.54, 1.807) is 54.6 Å². The lowest BCUT2D eigenvalue weighted by atomic mass is 10.1. The van der Waals surface area contributed by atoms with Gasteiger partial charge in [-0.1, -0.05) is 52.3 Å². The molecule has 196 valence electrons. The minimum atomic E-state index is -0.504. The molecule has 0 spiro atoms. The van der Waals surface area contributed by atoms with Gasteiger partial charge in [-0.15, -0.1) is 11.8 Å². The van der Waals surface area contributed by atoms with Gasteiger partial charge in [-0.05, 0) is 78.4 Å². The average molecular weight is 605 g/mol. The zero-order valence-corrected chi connectivity index (χ0v) is 22.9. The molecule has 0 aliphatic heterocycles. The highest BCUT2D eigenvalue weighted by Crippen LogP contribution is 2.23. The number of nitrogens with one attached hydrogen (secondary N) is 3. The summed E-state index contributed by atoms with van der Waals surface area (Å²) < 4.78 is 13.9. The molecule has 0 radical (unpaired) electrons. The standard InChI is InChI=1S/C30H23BrFN3O3S/c31-22-9-4-6-20(16-22)17-27(35-29(37)21-7-2-1-3-8-21)30(38)34-25-10-5-11-26(18-25)39-19-28(36)33-24-14-12-23(32)13-15-24/h1-18H,19H2,(H,33,36)(H,34,38)(H,35,37)/b27-17+. The van der Waals surface area contributed by atoms with E-state index in [0.717, 1.165) is 14.9 Å². The summed E-state index contributed by atoms with van der Waals surface area (Å²) in [7, 11) is 0. The summed E-state index contributed by atoms with van der Waals surface area (Å²) in [6.45, 7) is 0. The van der Waals surface area contributed by atoms with E-state index in [1.807, 2.05) is 30.3 Å². The van der Waals surface area contributed by atoms with Gasteiger partial charge < -0.3 is 16.0 Å². The predicted molar refractivity (Wildman–Crippen MR) is 157 cm³/mol.